The summed E-state index contributed by atoms with van der Waals surface area (Å²) in [5.74, 6) is -0.434. The number of thiazole rings is 1. The van der Waals surface area contributed by atoms with Crippen LogP contribution in [0.15, 0.2) is 53.5 Å². The zero-order chi connectivity index (χ0) is 19.9. The zero-order valence-corrected chi connectivity index (χ0v) is 17.0. The van der Waals surface area contributed by atoms with Crippen molar-refractivity contribution >= 4 is 33.4 Å². The molecule has 2 aromatic carbocycles. The first-order valence-electron chi connectivity index (χ1n) is 9.41. The van der Waals surface area contributed by atoms with Gasteiger partial charge in [-0.05, 0) is 36.1 Å². The Bertz CT molecular complexity index is 1030. The summed E-state index contributed by atoms with van der Waals surface area (Å²) >= 11 is 1.49. The first-order chi connectivity index (χ1) is 13.6. The van der Waals surface area contributed by atoms with E-state index in [0.717, 1.165) is 22.2 Å². The Morgan fingerprint density at radius 1 is 1.07 bits per heavy atom. The summed E-state index contributed by atoms with van der Waals surface area (Å²) in [6.07, 6.45) is 2.20. The van der Waals surface area contributed by atoms with Crippen molar-refractivity contribution in [1.29, 1.82) is 0 Å². The lowest BCUT2D eigenvalue weighted by atomic mass is 10.1. The molecule has 0 saturated carbocycles. The van der Waals surface area contributed by atoms with Gasteiger partial charge >= 0.3 is 5.97 Å². The predicted octanol–water partition coefficient (Wildman–Crippen LogP) is 3.89. The maximum Gasteiger partial charge on any atom is 0.307 e. The molecular formula is C22H24N2O3S. The highest BCUT2D eigenvalue weighted by Gasteiger charge is 2.11. The molecule has 1 heterocycles. The van der Waals surface area contributed by atoms with Gasteiger partial charge in [-0.3, -0.25) is 9.59 Å². The molecule has 1 aromatic heterocycles. The molecule has 3 rings (SSSR count). The van der Waals surface area contributed by atoms with E-state index in [9.17, 15) is 9.59 Å². The Morgan fingerprint density at radius 2 is 1.86 bits per heavy atom. The normalized spacial score (nSPS) is 11.7. The number of esters is 1. The maximum absolute atomic E-state index is 12.5. The monoisotopic (exact) mass is 396 g/mol. The van der Waals surface area contributed by atoms with Gasteiger partial charge in [0.25, 0.3) is 0 Å². The standard InChI is InChI=1S/C22H24N2O3S/c1-3-16-9-11-18-19(15-16)28-22(24(18)14-13-21(26)27-2)23-20(25)12-10-17-7-5-4-6-8-17/h4-9,11,15H,3,10,12-14H2,1-2H3. The van der Waals surface area contributed by atoms with Gasteiger partial charge in [-0.1, -0.05) is 54.7 Å². The zero-order valence-electron chi connectivity index (χ0n) is 16.2. The lowest BCUT2D eigenvalue weighted by Gasteiger charge is -2.05. The number of nitrogens with zero attached hydrogens (tertiary/aromatic N) is 2. The fourth-order valence-corrected chi connectivity index (χ4v) is 4.14. The van der Waals surface area contributed by atoms with Gasteiger partial charge in [0.1, 0.15) is 0 Å². The Morgan fingerprint density at radius 3 is 2.57 bits per heavy atom. The van der Waals surface area contributed by atoms with Gasteiger partial charge < -0.3 is 9.30 Å². The number of ether oxygens (including phenoxy) is 1. The third-order valence-corrected chi connectivity index (χ3v) is 5.65. The van der Waals surface area contributed by atoms with E-state index >= 15 is 0 Å². The first-order valence-corrected chi connectivity index (χ1v) is 10.2. The topological polar surface area (TPSA) is 60.7 Å². The van der Waals surface area contributed by atoms with E-state index in [1.54, 1.807) is 0 Å². The summed E-state index contributed by atoms with van der Waals surface area (Å²) in [5, 5.41) is 0. The van der Waals surface area contributed by atoms with Crippen molar-refractivity contribution in [2.75, 3.05) is 7.11 Å². The minimum atomic E-state index is -0.279. The van der Waals surface area contributed by atoms with Crippen LogP contribution in [-0.2, 0) is 33.7 Å². The van der Waals surface area contributed by atoms with Crippen molar-refractivity contribution in [3.8, 4) is 0 Å². The molecule has 146 valence electrons. The molecule has 0 N–H and O–H groups in total. The van der Waals surface area contributed by atoms with Gasteiger partial charge in [0.05, 0.1) is 23.7 Å². The maximum atomic E-state index is 12.5. The lowest BCUT2D eigenvalue weighted by Crippen LogP contribution is -2.19. The van der Waals surface area contributed by atoms with Crippen LogP contribution in [0.3, 0.4) is 0 Å². The molecule has 0 saturated heterocycles. The molecule has 28 heavy (non-hydrogen) atoms. The van der Waals surface area contributed by atoms with E-state index in [1.165, 1.54) is 24.0 Å². The quantitative estimate of drug-likeness (QED) is 0.569. The number of aromatic nitrogens is 1. The molecule has 0 unspecified atom stereocenters. The lowest BCUT2D eigenvalue weighted by molar-refractivity contribution is -0.140. The van der Waals surface area contributed by atoms with Gasteiger partial charge in [-0.25, -0.2) is 0 Å². The molecule has 0 aliphatic rings. The number of fused-ring (bicyclic) bond motifs is 1. The molecule has 1 amide bonds. The third-order valence-electron chi connectivity index (χ3n) is 4.61. The summed E-state index contributed by atoms with van der Waals surface area (Å²) in [4.78, 5) is 29.1. The summed E-state index contributed by atoms with van der Waals surface area (Å²) in [5.41, 5.74) is 3.34. The molecule has 0 aliphatic carbocycles. The Kier molecular flexibility index (Phi) is 6.76. The second-order valence-electron chi connectivity index (χ2n) is 6.51. The van der Waals surface area contributed by atoms with Gasteiger partial charge in [0.2, 0.25) is 5.91 Å². The highest BCUT2D eigenvalue weighted by atomic mass is 32.1. The van der Waals surface area contributed by atoms with Gasteiger partial charge in [0, 0.05) is 13.0 Å². The average molecular weight is 397 g/mol. The van der Waals surface area contributed by atoms with E-state index in [-0.39, 0.29) is 18.3 Å². The summed E-state index contributed by atoms with van der Waals surface area (Å²) in [7, 11) is 1.38. The van der Waals surface area contributed by atoms with Crippen molar-refractivity contribution in [2.24, 2.45) is 4.99 Å². The van der Waals surface area contributed by atoms with Crippen LogP contribution in [0.4, 0.5) is 0 Å². The van der Waals surface area contributed by atoms with Crippen molar-refractivity contribution in [2.45, 2.75) is 39.2 Å². The summed E-state index contributed by atoms with van der Waals surface area (Å²) < 4.78 is 7.77. The Hall–Kier alpha value is -2.73. The van der Waals surface area contributed by atoms with Crippen LogP contribution >= 0.6 is 11.3 Å². The van der Waals surface area contributed by atoms with Gasteiger partial charge in [0.15, 0.2) is 4.80 Å². The van der Waals surface area contributed by atoms with Crippen LogP contribution < -0.4 is 4.80 Å². The molecule has 0 radical (unpaired) electrons. The Balaban J connectivity index is 1.89. The number of hydrogen-bond acceptors (Lipinski definition) is 4. The molecule has 5 nitrogen and oxygen atoms in total. The average Bonchev–Trinajstić information content (AvgIpc) is 3.07. The van der Waals surface area contributed by atoms with Crippen LogP contribution in [0.25, 0.3) is 10.2 Å². The summed E-state index contributed by atoms with van der Waals surface area (Å²) in [6, 6.07) is 16.2. The minimum Gasteiger partial charge on any atom is -0.469 e. The highest BCUT2D eigenvalue weighted by molar-refractivity contribution is 7.16. The van der Waals surface area contributed by atoms with E-state index < -0.39 is 0 Å². The number of benzene rings is 2. The summed E-state index contributed by atoms with van der Waals surface area (Å²) in [6.45, 7) is 2.54. The SMILES string of the molecule is CCc1ccc2c(c1)sc(=NC(=O)CCc1ccccc1)n2CCC(=O)OC. The number of carbonyl (C=O) groups excluding carboxylic acids is 2. The van der Waals surface area contributed by atoms with Gasteiger partial charge in [-0.2, -0.15) is 4.99 Å². The minimum absolute atomic E-state index is 0.155. The van der Waals surface area contributed by atoms with E-state index in [4.69, 9.17) is 4.74 Å². The van der Waals surface area contributed by atoms with E-state index in [2.05, 4.69) is 24.0 Å². The predicted molar refractivity (Wildman–Crippen MR) is 111 cm³/mol. The molecule has 3 aromatic rings. The van der Waals surface area contributed by atoms with Crippen LogP contribution in [0, 0.1) is 0 Å². The van der Waals surface area contributed by atoms with Crippen LogP contribution in [0.1, 0.15) is 30.9 Å². The molecule has 0 spiro atoms. The molecule has 0 atom stereocenters. The van der Waals surface area contributed by atoms with E-state index in [0.29, 0.717) is 24.2 Å². The smallest absolute Gasteiger partial charge is 0.307 e. The Labute approximate surface area is 168 Å². The number of aryl methyl sites for hydroxylation is 3. The number of methoxy groups -OCH3 is 1. The fourth-order valence-electron chi connectivity index (χ4n) is 3.00. The molecular weight excluding hydrogens is 372 g/mol. The second kappa shape index (κ2) is 9.46. The first kappa shape index (κ1) is 20.0. The number of rotatable bonds is 7. The highest BCUT2D eigenvalue weighted by Crippen LogP contribution is 2.20. The third kappa shape index (κ3) is 4.95. The van der Waals surface area contributed by atoms with E-state index in [1.807, 2.05) is 41.0 Å². The van der Waals surface area contributed by atoms with Crippen LogP contribution in [0.2, 0.25) is 0 Å². The van der Waals surface area contributed by atoms with Crippen LogP contribution in [0.5, 0.6) is 0 Å². The number of amides is 1. The number of carbonyl (C=O) groups is 2. The second-order valence-corrected chi connectivity index (χ2v) is 7.52. The van der Waals surface area contributed by atoms with Crippen molar-refractivity contribution in [3.05, 3.63) is 64.5 Å². The largest absolute Gasteiger partial charge is 0.469 e. The molecule has 0 fully saturated rings. The fraction of sp³-hybridized carbons (Fsp3) is 0.318. The van der Waals surface area contributed by atoms with Crippen molar-refractivity contribution in [1.82, 2.24) is 4.57 Å². The molecule has 0 aliphatic heterocycles. The van der Waals surface area contributed by atoms with Crippen molar-refractivity contribution < 1.29 is 14.3 Å². The van der Waals surface area contributed by atoms with Crippen molar-refractivity contribution in [3.63, 3.8) is 0 Å². The molecule has 0 bridgehead atoms. The number of hydrogen-bond donors (Lipinski definition) is 0. The molecule has 6 heteroatoms. The van der Waals surface area contributed by atoms with Crippen LogP contribution in [-0.4, -0.2) is 23.6 Å². The van der Waals surface area contributed by atoms with Gasteiger partial charge in [-0.15, -0.1) is 0 Å².